The van der Waals surface area contributed by atoms with Gasteiger partial charge in [0.2, 0.25) is 11.8 Å². The Kier molecular flexibility index (Phi) is 3.47. The summed E-state index contributed by atoms with van der Waals surface area (Å²) in [5.41, 5.74) is 7.27. The van der Waals surface area contributed by atoms with Gasteiger partial charge in [-0.3, -0.25) is 9.59 Å². The molecule has 0 aromatic heterocycles. The van der Waals surface area contributed by atoms with Gasteiger partial charge in [0.05, 0.1) is 0 Å². The highest BCUT2D eigenvalue weighted by Gasteiger charge is 2.32. The Morgan fingerprint density at radius 3 is 2.59 bits per heavy atom. The predicted molar refractivity (Wildman–Crippen MR) is 64.1 cm³/mol. The summed E-state index contributed by atoms with van der Waals surface area (Å²) in [6, 6.07) is -0.417. The smallest absolute Gasteiger partial charge is 0.250 e. The number of piperidine rings is 1. The van der Waals surface area contributed by atoms with Crippen molar-refractivity contribution in [3.8, 4) is 0 Å². The molecule has 1 atom stereocenters. The van der Waals surface area contributed by atoms with Crippen molar-refractivity contribution in [1.82, 2.24) is 10.2 Å². The Balaban J connectivity index is 2.13. The van der Waals surface area contributed by atoms with E-state index >= 15 is 0 Å². The number of rotatable bonds is 2. The highest BCUT2D eigenvalue weighted by molar-refractivity contribution is 5.97. The average Bonchev–Trinajstić information content (AvgIpc) is 2.25. The van der Waals surface area contributed by atoms with Gasteiger partial charge in [-0.05, 0) is 31.8 Å². The number of hydrogen-bond acceptors (Lipinski definition) is 3. The van der Waals surface area contributed by atoms with Gasteiger partial charge in [0.15, 0.2) is 0 Å². The van der Waals surface area contributed by atoms with Gasteiger partial charge in [-0.2, -0.15) is 0 Å². The topological polar surface area (TPSA) is 75.4 Å². The first-order valence-corrected chi connectivity index (χ1v) is 6.11. The highest BCUT2D eigenvalue weighted by atomic mass is 16.2. The zero-order valence-corrected chi connectivity index (χ0v) is 10.2. The van der Waals surface area contributed by atoms with Crippen LogP contribution < -0.4 is 11.1 Å². The van der Waals surface area contributed by atoms with Crippen molar-refractivity contribution in [3.63, 3.8) is 0 Å². The third-order valence-corrected chi connectivity index (χ3v) is 3.62. The lowest BCUT2D eigenvalue weighted by molar-refractivity contribution is -0.138. The zero-order chi connectivity index (χ0) is 12.4. The molecule has 0 aromatic rings. The monoisotopic (exact) mass is 237 g/mol. The minimum atomic E-state index is -0.417. The summed E-state index contributed by atoms with van der Waals surface area (Å²) >= 11 is 0. The van der Waals surface area contributed by atoms with E-state index in [1.807, 2.05) is 6.92 Å². The Bertz CT molecular complexity index is 370. The lowest BCUT2D eigenvalue weighted by Crippen LogP contribution is -2.51. The zero-order valence-electron chi connectivity index (χ0n) is 10.2. The van der Waals surface area contributed by atoms with E-state index in [1.165, 1.54) is 0 Å². The summed E-state index contributed by atoms with van der Waals surface area (Å²) in [6.45, 7) is 4.05. The first-order valence-electron chi connectivity index (χ1n) is 6.11. The number of likely N-dealkylation sites (tertiary alicyclic amines) is 1. The summed E-state index contributed by atoms with van der Waals surface area (Å²) in [7, 11) is 0. The number of nitrogens with two attached hydrogens (primary N) is 1. The van der Waals surface area contributed by atoms with Crippen LogP contribution in [0.1, 0.15) is 26.2 Å². The number of primary amides is 1. The Hall–Kier alpha value is -1.36. The molecule has 2 aliphatic heterocycles. The molecule has 2 fully saturated rings. The molecule has 1 unspecified atom stereocenters. The van der Waals surface area contributed by atoms with Crippen LogP contribution in [0.3, 0.4) is 0 Å². The molecule has 2 rings (SSSR count). The van der Waals surface area contributed by atoms with Crippen LogP contribution in [0, 0.1) is 0 Å². The summed E-state index contributed by atoms with van der Waals surface area (Å²) in [5, 5.41) is 3.11. The fourth-order valence-electron chi connectivity index (χ4n) is 2.35. The molecule has 0 saturated carbocycles. The van der Waals surface area contributed by atoms with E-state index in [1.54, 1.807) is 4.90 Å². The van der Waals surface area contributed by atoms with Crippen LogP contribution in [0.15, 0.2) is 11.1 Å². The van der Waals surface area contributed by atoms with Crippen molar-refractivity contribution in [3.05, 3.63) is 11.1 Å². The van der Waals surface area contributed by atoms with Crippen LogP contribution in [-0.4, -0.2) is 42.4 Å². The third-order valence-electron chi connectivity index (χ3n) is 3.62. The molecule has 17 heavy (non-hydrogen) atoms. The van der Waals surface area contributed by atoms with Crippen LogP contribution in [-0.2, 0) is 9.59 Å². The van der Waals surface area contributed by atoms with E-state index in [4.69, 9.17) is 5.73 Å². The second kappa shape index (κ2) is 4.87. The maximum atomic E-state index is 12.3. The Morgan fingerprint density at radius 2 is 2.06 bits per heavy atom. The number of carbonyl (C=O) groups excluding carboxylic acids is 2. The SMILES string of the molecule is CC(C(=O)N1CCCCC1C(N)=O)=C1CNC1. The molecule has 3 N–H and O–H groups in total. The van der Waals surface area contributed by atoms with Gasteiger partial charge >= 0.3 is 0 Å². The van der Waals surface area contributed by atoms with Crippen molar-refractivity contribution in [2.24, 2.45) is 5.73 Å². The molecule has 0 radical (unpaired) electrons. The van der Waals surface area contributed by atoms with E-state index < -0.39 is 6.04 Å². The maximum Gasteiger partial charge on any atom is 0.250 e. The van der Waals surface area contributed by atoms with Gasteiger partial charge in [0, 0.05) is 25.2 Å². The summed E-state index contributed by atoms with van der Waals surface area (Å²) < 4.78 is 0. The number of amides is 2. The van der Waals surface area contributed by atoms with Crippen LogP contribution >= 0.6 is 0 Å². The first kappa shape index (κ1) is 12.1. The molecule has 0 spiro atoms. The van der Waals surface area contributed by atoms with Crippen molar-refractivity contribution < 1.29 is 9.59 Å². The van der Waals surface area contributed by atoms with E-state index in [9.17, 15) is 9.59 Å². The molecular formula is C12H19N3O2. The van der Waals surface area contributed by atoms with Gasteiger partial charge in [0.1, 0.15) is 6.04 Å². The molecule has 0 aliphatic carbocycles. The Labute approximate surface area is 101 Å². The predicted octanol–water partition coefficient (Wildman–Crippen LogP) is -0.227. The molecule has 2 saturated heterocycles. The van der Waals surface area contributed by atoms with Gasteiger partial charge in [-0.25, -0.2) is 0 Å². The summed E-state index contributed by atoms with van der Waals surface area (Å²) in [4.78, 5) is 25.3. The van der Waals surface area contributed by atoms with E-state index in [0.717, 1.165) is 37.1 Å². The lowest BCUT2D eigenvalue weighted by Gasteiger charge is -2.35. The van der Waals surface area contributed by atoms with Crippen molar-refractivity contribution >= 4 is 11.8 Å². The largest absolute Gasteiger partial charge is 0.368 e. The van der Waals surface area contributed by atoms with Crippen LogP contribution in [0.4, 0.5) is 0 Å². The fourth-order valence-corrected chi connectivity index (χ4v) is 2.35. The molecule has 0 bridgehead atoms. The number of nitrogens with one attached hydrogen (secondary N) is 1. The number of nitrogens with zero attached hydrogens (tertiary/aromatic N) is 1. The Morgan fingerprint density at radius 1 is 1.35 bits per heavy atom. The molecule has 0 aromatic carbocycles. The normalized spacial score (nSPS) is 24.2. The van der Waals surface area contributed by atoms with E-state index in [-0.39, 0.29) is 11.8 Å². The molecule has 2 amide bonds. The second-order valence-electron chi connectivity index (χ2n) is 4.74. The molecule has 5 nitrogen and oxygen atoms in total. The molecule has 5 heteroatoms. The van der Waals surface area contributed by atoms with Crippen LogP contribution in [0.2, 0.25) is 0 Å². The molecule has 2 heterocycles. The van der Waals surface area contributed by atoms with E-state index in [2.05, 4.69) is 5.32 Å². The molecule has 94 valence electrons. The highest BCUT2D eigenvalue weighted by Crippen LogP contribution is 2.21. The fraction of sp³-hybridized carbons (Fsp3) is 0.667. The quantitative estimate of drug-likeness (QED) is 0.652. The summed E-state index contributed by atoms with van der Waals surface area (Å²) in [5.74, 6) is -0.410. The maximum absolute atomic E-state index is 12.3. The average molecular weight is 237 g/mol. The van der Waals surface area contributed by atoms with Crippen LogP contribution in [0.25, 0.3) is 0 Å². The van der Waals surface area contributed by atoms with Gasteiger partial charge < -0.3 is 16.0 Å². The van der Waals surface area contributed by atoms with Gasteiger partial charge in [0.25, 0.3) is 0 Å². The second-order valence-corrected chi connectivity index (χ2v) is 4.74. The lowest BCUT2D eigenvalue weighted by atomic mass is 9.98. The van der Waals surface area contributed by atoms with Gasteiger partial charge in [-0.1, -0.05) is 0 Å². The van der Waals surface area contributed by atoms with Crippen LogP contribution in [0.5, 0.6) is 0 Å². The molecule has 2 aliphatic rings. The van der Waals surface area contributed by atoms with Crippen molar-refractivity contribution in [2.75, 3.05) is 19.6 Å². The van der Waals surface area contributed by atoms with Gasteiger partial charge in [-0.15, -0.1) is 0 Å². The van der Waals surface area contributed by atoms with Crippen molar-refractivity contribution in [2.45, 2.75) is 32.2 Å². The van der Waals surface area contributed by atoms with E-state index in [0.29, 0.717) is 13.0 Å². The standard InChI is InChI=1S/C12H19N3O2/c1-8(9-6-14-7-9)12(17)15-5-3-2-4-10(15)11(13)16/h10,14H,2-7H2,1H3,(H2,13,16). The minimum Gasteiger partial charge on any atom is -0.368 e. The first-order chi connectivity index (χ1) is 8.11. The number of carbonyl (C=O) groups is 2. The minimum absolute atomic E-state index is 0.0231. The third kappa shape index (κ3) is 2.34. The molecular weight excluding hydrogens is 218 g/mol. The summed E-state index contributed by atoms with van der Waals surface area (Å²) in [6.07, 6.45) is 2.62. The number of hydrogen-bond donors (Lipinski definition) is 2. The van der Waals surface area contributed by atoms with Crippen molar-refractivity contribution in [1.29, 1.82) is 0 Å².